The van der Waals surface area contributed by atoms with Gasteiger partial charge in [-0.25, -0.2) is 9.97 Å². The van der Waals surface area contributed by atoms with Gasteiger partial charge < -0.3 is 29.7 Å². The molecule has 2 aromatic heterocycles. The van der Waals surface area contributed by atoms with Crippen molar-refractivity contribution in [3.05, 3.63) is 35.5 Å². The Morgan fingerprint density at radius 1 is 1.13 bits per heavy atom. The molecule has 198 valence electrons. The number of amides is 2. The summed E-state index contributed by atoms with van der Waals surface area (Å²) in [4.78, 5) is 38.5. The molecule has 5 aliphatic rings. The Hall–Kier alpha value is -3.44. The van der Waals surface area contributed by atoms with Crippen LogP contribution in [0.3, 0.4) is 0 Å². The molecule has 2 saturated heterocycles. The summed E-state index contributed by atoms with van der Waals surface area (Å²) in [6.07, 6.45) is 5.50. The Bertz CT molecular complexity index is 1450. The van der Waals surface area contributed by atoms with E-state index >= 15 is 0 Å². The van der Waals surface area contributed by atoms with Crippen molar-refractivity contribution in [3.8, 4) is 11.6 Å². The lowest BCUT2D eigenvalue weighted by atomic mass is 9.40. The summed E-state index contributed by atoms with van der Waals surface area (Å²) < 4.78 is 17.2. The van der Waals surface area contributed by atoms with Crippen molar-refractivity contribution in [1.82, 2.24) is 15.3 Å². The van der Waals surface area contributed by atoms with Gasteiger partial charge in [0.1, 0.15) is 11.3 Å². The first-order valence-electron chi connectivity index (χ1n) is 12.8. The van der Waals surface area contributed by atoms with E-state index < -0.39 is 5.91 Å². The van der Waals surface area contributed by atoms with E-state index in [1.807, 2.05) is 6.07 Å². The highest BCUT2D eigenvalue weighted by Crippen LogP contribution is 2.66. The number of methoxy groups -OCH3 is 2. The first-order chi connectivity index (χ1) is 18.3. The molecule has 4 bridgehead atoms. The minimum Gasteiger partial charge on any atom is -0.496 e. The van der Waals surface area contributed by atoms with E-state index in [1.54, 1.807) is 12.1 Å². The maximum atomic E-state index is 13.8. The van der Waals surface area contributed by atoms with Crippen LogP contribution in [0, 0.1) is 5.41 Å². The van der Waals surface area contributed by atoms with Crippen molar-refractivity contribution in [2.45, 2.75) is 50.2 Å². The second-order valence-electron chi connectivity index (χ2n) is 11.3. The molecular weight excluding hydrogens is 506 g/mol. The molecule has 0 spiro atoms. The molecule has 2 N–H and O–H groups in total. The Morgan fingerprint density at radius 3 is 2.55 bits per heavy atom. The average Bonchev–Trinajstić information content (AvgIpc) is 3.29. The van der Waals surface area contributed by atoms with Gasteiger partial charge in [-0.15, -0.1) is 0 Å². The van der Waals surface area contributed by atoms with E-state index in [4.69, 9.17) is 19.2 Å². The quantitative estimate of drug-likeness (QED) is 0.472. The Balaban J connectivity index is 1.20. The maximum Gasteiger partial charge on any atom is 0.261 e. The average molecular weight is 536 g/mol. The molecule has 4 heterocycles. The molecule has 2 aliphatic heterocycles. The summed E-state index contributed by atoms with van der Waals surface area (Å²) in [6.45, 7) is 3.63. The number of hydrogen-bond donors (Lipinski definition) is 2. The smallest absolute Gasteiger partial charge is 0.261 e. The Kier molecular flexibility index (Phi) is 5.15. The van der Waals surface area contributed by atoms with E-state index in [0.29, 0.717) is 59.2 Å². The molecule has 0 radical (unpaired) electrons. The van der Waals surface area contributed by atoms with Gasteiger partial charge in [0.25, 0.3) is 11.8 Å². The largest absolute Gasteiger partial charge is 0.496 e. The van der Waals surface area contributed by atoms with Gasteiger partial charge in [0.2, 0.25) is 5.88 Å². The number of morpholine rings is 1. The zero-order chi connectivity index (χ0) is 26.2. The van der Waals surface area contributed by atoms with Gasteiger partial charge in [-0.1, -0.05) is 18.3 Å². The molecule has 3 aliphatic carbocycles. The number of ether oxygens (including phenoxy) is 3. The van der Waals surface area contributed by atoms with Crippen LogP contribution >= 0.6 is 11.3 Å². The SMILES string of the molecule is COc1cc(C(=O)NC23CC(C)(C2)C3)c(NC(=O)c2c(OC)ccc3nc(N4C5COCC4C5)sc23)cn1. The van der Waals surface area contributed by atoms with E-state index in [1.165, 1.54) is 31.8 Å². The predicted octanol–water partition coefficient (Wildman–Crippen LogP) is 3.61. The first-order valence-corrected chi connectivity index (χ1v) is 13.6. The lowest BCUT2D eigenvalue weighted by molar-refractivity contribution is -0.132. The number of hydrogen-bond acceptors (Lipinski definition) is 9. The molecular formula is C27H29N5O5S. The summed E-state index contributed by atoms with van der Waals surface area (Å²) in [5.74, 6) is 0.0915. The zero-order valence-electron chi connectivity index (χ0n) is 21.5. The van der Waals surface area contributed by atoms with E-state index in [9.17, 15) is 9.59 Å². The van der Waals surface area contributed by atoms with Gasteiger partial charge >= 0.3 is 0 Å². The summed E-state index contributed by atoms with van der Waals surface area (Å²) in [6, 6.07) is 5.83. The van der Waals surface area contributed by atoms with Crippen LogP contribution in [0.4, 0.5) is 10.8 Å². The highest BCUT2D eigenvalue weighted by Gasteiger charge is 2.65. The fraction of sp³-hybridized carbons (Fsp3) is 0.481. The minimum atomic E-state index is -0.395. The monoisotopic (exact) mass is 535 g/mol. The molecule has 3 saturated carbocycles. The second kappa shape index (κ2) is 8.28. The third-order valence-electron chi connectivity index (χ3n) is 8.38. The molecule has 8 rings (SSSR count). The number of rotatable bonds is 7. The van der Waals surface area contributed by atoms with Crippen molar-refractivity contribution in [2.24, 2.45) is 5.41 Å². The lowest BCUT2D eigenvalue weighted by Crippen LogP contribution is -2.73. The molecule has 1 aromatic carbocycles. The van der Waals surface area contributed by atoms with E-state index in [-0.39, 0.29) is 11.4 Å². The molecule has 2 atom stereocenters. The molecule has 2 amide bonds. The number of carbonyl (C=O) groups excluding carboxylic acids is 2. The molecule has 11 heteroatoms. The summed E-state index contributed by atoms with van der Waals surface area (Å²) in [5.41, 5.74) is 1.94. The summed E-state index contributed by atoms with van der Waals surface area (Å²) in [7, 11) is 3.03. The van der Waals surface area contributed by atoms with Gasteiger partial charge in [0.15, 0.2) is 5.13 Å². The van der Waals surface area contributed by atoms with E-state index in [2.05, 4.69) is 27.4 Å². The second-order valence-corrected chi connectivity index (χ2v) is 12.3. The number of aromatic nitrogens is 2. The van der Waals surface area contributed by atoms with Crippen LogP contribution in [0.5, 0.6) is 11.6 Å². The molecule has 3 aromatic rings. The zero-order valence-corrected chi connectivity index (χ0v) is 22.3. The van der Waals surface area contributed by atoms with Crippen LogP contribution < -0.4 is 25.0 Å². The predicted molar refractivity (Wildman–Crippen MR) is 143 cm³/mol. The van der Waals surface area contributed by atoms with Crippen molar-refractivity contribution >= 4 is 44.2 Å². The minimum absolute atomic E-state index is 0.141. The van der Waals surface area contributed by atoms with Gasteiger partial charge in [-0.05, 0) is 43.2 Å². The number of nitrogens with zero attached hydrogens (tertiary/aromatic N) is 3. The van der Waals surface area contributed by atoms with Gasteiger partial charge in [-0.3, -0.25) is 9.59 Å². The number of pyridine rings is 1. The number of anilines is 2. The van der Waals surface area contributed by atoms with Crippen molar-refractivity contribution in [3.63, 3.8) is 0 Å². The van der Waals surface area contributed by atoms with E-state index in [0.717, 1.165) is 41.0 Å². The molecule has 10 nitrogen and oxygen atoms in total. The highest BCUT2D eigenvalue weighted by molar-refractivity contribution is 7.22. The maximum absolute atomic E-state index is 13.8. The number of nitrogens with one attached hydrogen (secondary N) is 2. The number of carbonyl (C=O) groups is 2. The van der Waals surface area contributed by atoms with Gasteiger partial charge in [0.05, 0.1) is 67.2 Å². The van der Waals surface area contributed by atoms with Crippen LogP contribution in [0.2, 0.25) is 0 Å². The fourth-order valence-corrected chi connectivity index (χ4v) is 8.11. The number of benzene rings is 1. The molecule has 38 heavy (non-hydrogen) atoms. The normalized spacial score (nSPS) is 28.6. The number of fused-ring (bicyclic) bond motifs is 3. The molecule has 2 unspecified atom stereocenters. The number of thiazole rings is 1. The van der Waals surface area contributed by atoms with Crippen molar-refractivity contribution in [2.75, 3.05) is 37.7 Å². The summed E-state index contributed by atoms with van der Waals surface area (Å²) in [5, 5.41) is 6.98. The third kappa shape index (κ3) is 3.55. The van der Waals surface area contributed by atoms with Crippen LogP contribution in [-0.2, 0) is 4.74 Å². The lowest BCUT2D eigenvalue weighted by Gasteiger charge is -2.69. The fourth-order valence-electron chi connectivity index (χ4n) is 6.86. The Labute approximate surface area is 223 Å². The highest BCUT2D eigenvalue weighted by atomic mass is 32.1. The standard InChI is InChI=1S/C27H29N5O5S/c1-26-11-27(12-26,13-26)31-23(33)16-7-20(36-3)28-8-18(16)29-24(34)21-19(35-2)5-4-17-22(21)38-25(30-17)32-14-6-15(32)10-37-9-14/h4-5,7-8,14-15H,6,9-13H2,1-3H3,(H,29,34)(H,31,33). The van der Waals surface area contributed by atoms with Crippen LogP contribution in [0.1, 0.15) is 53.3 Å². The topological polar surface area (TPSA) is 115 Å². The van der Waals surface area contributed by atoms with Gasteiger partial charge in [0, 0.05) is 11.6 Å². The third-order valence-corrected chi connectivity index (χ3v) is 9.48. The molecule has 5 fully saturated rings. The summed E-state index contributed by atoms with van der Waals surface area (Å²) >= 11 is 1.48. The first kappa shape index (κ1) is 23.7. The van der Waals surface area contributed by atoms with Gasteiger partial charge in [-0.2, -0.15) is 0 Å². The Morgan fingerprint density at radius 2 is 1.89 bits per heavy atom. The van der Waals surface area contributed by atoms with Crippen LogP contribution in [0.15, 0.2) is 24.4 Å². The van der Waals surface area contributed by atoms with Crippen molar-refractivity contribution in [1.29, 1.82) is 0 Å². The van der Waals surface area contributed by atoms with Crippen LogP contribution in [0.25, 0.3) is 10.2 Å². The van der Waals surface area contributed by atoms with Crippen molar-refractivity contribution < 1.29 is 23.8 Å². The van der Waals surface area contributed by atoms with Crippen LogP contribution in [-0.4, -0.2) is 66.8 Å².